The first-order valence-corrected chi connectivity index (χ1v) is 6.38. The lowest BCUT2D eigenvalue weighted by Gasteiger charge is -2.04. The lowest BCUT2D eigenvalue weighted by Crippen LogP contribution is -2.28. The van der Waals surface area contributed by atoms with E-state index in [0.29, 0.717) is 5.89 Å². The Morgan fingerprint density at radius 3 is 3.15 bits per heavy atom. The van der Waals surface area contributed by atoms with Gasteiger partial charge in [-0.2, -0.15) is 4.98 Å². The summed E-state index contributed by atoms with van der Waals surface area (Å²) in [6.07, 6.45) is -0.592. The maximum Gasteiger partial charge on any atom is 0.292 e. The van der Waals surface area contributed by atoms with Gasteiger partial charge in [-0.1, -0.05) is 5.16 Å². The Balaban J connectivity index is 1.72. The minimum absolute atomic E-state index is 0.00146. The summed E-state index contributed by atoms with van der Waals surface area (Å²) in [6, 6.07) is -0.00146. The molecule has 9 heteroatoms. The molecule has 1 aliphatic rings. The van der Waals surface area contributed by atoms with Gasteiger partial charge < -0.3 is 19.9 Å². The van der Waals surface area contributed by atoms with Gasteiger partial charge in [-0.15, -0.1) is 0 Å². The van der Waals surface area contributed by atoms with E-state index in [4.69, 9.17) is 4.52 Å². The topological polar surface area (TPSA) is 89.3 Å². The molecule has 112 valence electrons. The molecule has 7 nitrogen and oxygen atoms in total. The van der Waals surface area contributed by atoms with E-state index >= 15 is 0 Å². The van der Waals surface area contributed by atoms with Crippen LogP contribution >= 0.6 is 0 Å². The number of halogens is 2. The highest BCUT2D eigenvalue weighted by Crippen LogP contribution is 2.20. The second kappa shape index (κ2) is 7.25. The van der Waals surface area contributed by atoms with Crippen LogP contribution in [0.1, 0.15) is 35.4 Å². The number of nitrogens with one attached hydrogen (secondary N) is 2. The second-order valence-corrected chi connectivity index (χ2v) is 4.33. The summed E-state index contributed by atoms with van der Waals surface area (Å²) in [5.41, 5.74) is 0. The van der Waals surface area contributed by atoms with E-state index < -0.39 is 18.9 Å². The van der Waals surface area contributed by atoms with Crippen LogP contribution < -0.4 is 10.6 Å². The van der Waals surface area contributed by atoms with Crippen LogP contribution in [0.15, 0.2) is 4.52 Å². The first-order chi connectivity index (χ1) is 9.66. The first-order valence-electron chi connectivity index (χ1n) is 6.38. The van der Waals surface area contributed by atoms with Gasteiger partial charge in [0.1, 0.15) is 6.61 Å². The van der Waals surface area contributed by atoms with E-state index in [1.807, 2.05) is 0 Å². The van der Waals surface area contributed by atoms with Crippen LogP contribution in [-0.4, -0.2) is 48.8 Å². The van der Waals surface area contributed by atoms with Gasteiger partial charge in [0.25, 0.3) is 18.2 Å². The third-order valence-corrected chi connectivity index (χ3v) is 2.78. The van der Waals surface area contributed by atoms with E-state index in [-0.39, 0.29) is 25.0 Å². The summed E-state index contributed by atoms with van der Waals surface area (Å²) in [7, 11) is 0. The molecule has 0 saturated carbocycles. The van der Waals surface area contributed by atoms with Crippen molar-refractivity contribution in [1.29, 1.82) is 0 Å². The van der Waals surface area contributed by atoms with Gasteiger partial charge in [-0.05, 0) is 19.4 Å². The zero-order valence-electron chi connectivity index (χ0n) is 10.8. The van der Waals surface area contributed by atoms with Crippen LogP contribution in [0.4, 0.5) is 8.78 Å². The number of amides is 1. The fourth-order valence-electron chi connectivity index (χ4n) is 1.85. The van der Waals surface area contributed by atoms with Crippen molar-refractivity contribution >= 4 is 5.91 Å². The number of carbonyl (C=O) groups is 1. The zero-order valence-corrected chi connectivity index (χ0v) is 10.8. The van der Waals surface area contributed by atoms with Crippen molar-refractivity contribution in [3.63, 3.8) is 0 Å². The van der Waals surface area contributed by atoms with Gasteiger partial charge in [-0.25, -0.2) is 8.78 Å². The Morgan fingerprint density at radius 1 is 1.60 bits per heavy atom. The summed E-state index contributed by atoms with van der Waals surface area (Å²) >= 11 is 0. The van der Waals surface area contributed by atoms with E-state index in [1.165, 1.54) is 0 Å². The third-order valence-electron chi connectivity index (χ3n) is 2.78. The fourth-order valence-corrected chi connectivity index (χ4v) is 1.85. The Morgan fingerprint density at radius 2 is 2.45 bits per heavy atom. The van der Waals surface area contributed by atoms with Gasteiger partial charge in [0.2, 0.25) is 5.89 Å². The molecule has 2 heterocycles. The predicted octanol–water partition coefficient (Wildman–Crippen LogP) is 0.506. The van der Waals surface area contributed by atoms with Crippen LogP contribution in [0.25, 0.3) is 0 Å². The summed E-state index contributed by atoms with van der Waals surface area (Å²) in [5.74, 6) is -0.192. The smallest absolute Gasteiger partial charge is 0.292 e. The number of carbonyl (C=O) groups excluding carboxylic acids is 1. The summed E-state index contributed by atoms with van der Waals surface area (Å²) in [5, 5.41) is 9.23. The van der Waals surface area contributed by atoms with Crippen LogP contribution in [0.3, 0.4) is 0 Å². The quantitative estimate of drug-likeness (QED) is 0.711. The molecule has 1 saturated heterocycles. The van der Waals surface area contributed by atoms with Gasteiger partial charge >= 0.3 is 0 Å². The van der Waals surface area contributed by atoms with Gasteiger partial charge in [-0.3, -0.25) is 4.79 Å². The van der Waals surface area contributed by atoms with Crippen molar-refractivity contribution < 1.29 is 22.8 Å². The van der Waals surface area contributed by atoms with Crippen molar-refractivity contribution in [3.8, 4) is 0 Å². The molecule has 0 aromatic carbocycles. The maximum absolute atomic E-state index is 11.8. The molecule has 1 aromatic heterocycles. The highest BCUT2D eigenvalue weighted by atomic mass is 19.3. The number of ether oxygens (including phenoxy) is 1. The SMILES string of the molecule is O=C(NCCOCC(F)F)c1noc(C2CCCN2)n1. The van der Waals surface area contributed by atoms with Crippen LogP contribution in [0.5, 0.6) is 0 Å². The monoisotopic (exact) mass is 290 g/mol. The van der Waals surface area contributed by atoms with E-state index in [1.54, 1.807) is 0 Å². The molecule has 2 rings (SSSR count). The Labute approximate surface area is 114 Å². The number of rotatable bonds is 7. The Bertz CT molecular complexity index is 435. The Hall–Kier alpha value is -1.61. The fraction of sp³-hybridized carbons (Fsp3) is 0.727. The molecule has 0 bridgehead atoms. The van der Waals surface area contributed by atoms with E-state index in [0.717, 1.165) is 19.4 Å². The van der Waals surface area contributed by atoms with E-state index in [2.05, 4.69) is 25.5 Å². The van der Waals surface area contributed by atoms with Gasteiger partial charge in [0.15, 0.2) is 0 Å². The lowest BCUT2D eigenvalue weighted by atomic mass is 10.2. The van der Waals surface area contributed by atoms with Crippen molar-refractivity contribution in [1.82, 2.24) is 20.8 Å². The Kier molecular flexibility index (Phi) is 5.36. The molecule has 1 amide bonds. The summed E-state index contributed by atoms with van der Waals surface area (Å²) in [6.45, 7) is 0.355. The van der Waals surface area contributed by atoms with Crippen LogP contribution in [0.2, 0.25) is 0 Å². The second-order valence-electron chi connectivity index (χ2n) is 4.33. The standard InChI is InChI=1S/C11H16F2N4O3/c12-8(13)6-19-5-4-15-10(18)9-16-11(20-17-9)7-2-1-3-14-7/h7-8,14H,1-6H2,(H,15,18). The van der Waals surface area contributed by atoms with Crippen LogP contribution in [0, 0.1) is 0 Å². The number of hydrogen-bond acceptors (Lipinski definition) is 6. The molecule has 0 aliphatic carbocycles. The molecule has 1 aliphatic heterocycles. The molecular weight excluding hydrogens is 274 g/mol. The zero-order chi connectivity index (χ0) is 14.4. The third kappa shape index (κ3) is 4.20. The molecule has 1 fully saturated rings. The first kappa shape index (κ1) is 14.8. The number of hydrogen-bond donors (Lipinski definition) is 2. The molecule has 2 N–H and O–H groups in total. The summed E-state index contributed by atoms with van der Waals surface area (Å²) < 4.78 is 33.2. The highest BCUT2D eigenvalue weighted by molar-refractivity contribution is 5.90. The molecule has 0 radical (unpaired) electrons. The average Bonchev–Trinajstić information content (AvgIpc) is 3.08. The normalized spacial score (nSPS) is 18.6. The van der Waals surface area contributed by atoms with Gasteiger partial charge in [0, 0.05) is 6.54 Å². The molecular formula is C11H16F2N4O3. The summed E-state index contributed by atoms with van der Waals surface area (Å²) in [4.78, 5) is 15.7. The lowest BCUT2D eigenvalue weighted by molar-refractivity contribution is 0.0188. The minimum Gasteiger partial charge on any atom is -0.374 e. The molecule has 20 heavy (non-hydrogen) atoms. The minimum atomic E-state index is -2.51. The maximum atomic E-state index is 11.8. The number of alkyl halides is 2. The van der Waals surface area contributed by atoms with Crippen molar-refractivity contribution in [2.24, 2.45) is 0 Å². The highest BCUT2D eigenvalue weighted by Gasteiger charge is 2.24. The molecule has 1 unspecified atom stereocenters. The average molecular weight is 290 g/mol. The number of aromatic nitrogens is 2. The van der Waals surface area contributed by atoms with Crippen LogP contribution in [-0.2, 0) is 4.74 Å². The largest absolute Gasteiger partial charge is 0.374 e. The molecule has 0 spiro atoms. The van der Waals surface area contributed by atoms with Crippen molar-refractivity contribution in [2.75, 3.05) is 26.3 Å². The number of nitrogens with zero attached hydrogens (tertiary/aromatic N) is 2. The molecule has 1 aromatic rings. The van der Waals surface area contributed by atoms with E-state index in [9.17, 15) is 13.6 Å². The van der Waals surface area contributed by atoms with Crippen molar-refractivity contribution in [2.45, 2.75) is 25.3 Å². The van der Waals surface area contributed by atoms with Crippen molar-refractivity contribution in [3.05, 3.63) is 11.7 Å². The van der Waals surface area contributed by atoms with Gasteiger partial charge in [0.05, 0.1) is 12.6 Å². The molecule has 1 atom stereocenters. The predicted molar refractivity (Wildman–Crippen MR) is 63.4 cm³/mol.